The van der Waals surface area contributed by atoms with Gasteiger partial charge in [-0.1, -0.05) is 170 Å². The third-order valence-electron chi connectivity index (χ3n) is 11.4. The van der Waals surface area contributed by atoms with Crippen LogP contribution in [0.25, 0.3) is 116 Å². The van der Waals surface area contributed by atoms with Crippen molar-refractivity contribution in [2.24, 2.45) is 0 Å². The summed E-state index contributed by atoms with van der Waals surface area (Å²) in [6.07, 6.45) is 0. The van der Waals surface area contributed by atoms with E-state index < -0.39 is 0 Å². The van der Waals surface area contributed by atoms with Crippen molar-refractivity contribution in [2.45, 2.75) is 0 Å². The minimum absolute atomic E-state index is 0.638. The molecule has 0 aliphatic heterocycles. The van der Waals surface area contributed by atoms with E-state index in [2.05, 4.69) is 174 Å². The van der Waals surface area contributed by atoms with Crippen LogP contribution in [-0.2, 0) is 0 Å². The number of benzene rings is 9. The third kappa shape index (κ3) is 4.47. The Balaban J connectivity index is 1.22. The Morgan fingerprint density at radius 2 is 0.946 bits per heavy atom. The molecule has 3 heterocycles. The van der Waals surface area contributed by atoms with Gasteiger partial charge in [0, 0.05) is 49.0 Å². The summed E-state index contributed by atoms with van der Waals surface area (Å²) in [5.41, 5.74) is 11.2. The number of para-hydroxylation sites is 4. The van der Waals surface area contributed by atoms with Crippen LogP contribution in [0.2, 0.25) is 0 Å². The first-order valence-corrected chi connectivity index (χ1v) is 19.0. The van der Waals surface area contributed by atoms with Crippen LogP contribution in [0.3, 0.4) is 0 Å². The average molecular weight is 714 g/mol. The molecule has 260 valence electrons. The lowest BCUT2D eigenvalue weighted by Gasteiger charge is -2.15. The molecule has 0 saturated heterocycles. The number of fused-ring (bicyclic) bond motifs is 12. The number of furan rings is 1. The van der Waals surface area contributed by atoms with E-state index in [0.29, 0.717) is 5.95 Å². The molecule has 0 radical (unpaired) electrons. The molecule has 0 N–H and O–H groups in total. The first kappa shape index (κ1) is 30.9. The van der Waals surface area contributed by atoms with E-state index in [1.165, 1.54) is 21.5 Å². The summed E-state index contributed by atoms with van der Waals surface area (Å²) in [5.74, 6) is 0.638. The van der Waals surface area contributed by atoms with E-state index in [0.717, 1.165) is 88.2 Å². The van der Waals surface area contributed by atoms with E-state index in [1.54, 1.807) is 0 Å². The summed E-state index contributed by atoms with van der Waals surface area (Å²) in [4.78, 5) is 10.9. The summed E-state index contributed by atoms with van der Waals surface area (Å²) in [5, 5.41) is 10.4. The fourth-order valence-electron chi connectivity index (χ4n) is 8.97. The highest BCUT2D eigenvalue weighted by Gasteiger charge is 2.24. The molecular weight excluding hydrogens is 683 g/mol. The van der Waals surface area contributed by atoms with Crippen molar-refractivity contribution in [1.29, 1.82) is 0 Å². The van der Waals surface area contributed by atoms with Crippen LogP contribution in [0.1, 0.15) is 0 Å². The van der Waals surface area contributed by atoms with Gasteiger partial charge in [-0.25, -0.2) is 9.97 Å². The SMILES string of the molecule is c1ccc(-c2nc(-n3c4c(-c5cccc(-c6cccc7c6oc6ccccc67)c5)cccc4c4c5ccccc5c5ccccc5c43)nc3ccccc23)cc1. The summed E-state index contributed by atoms with van der Waals surface area (Å²) in [6, 6.07) is 66.6. The van der Waals surface area contributed by atoms with Crippen LogP contribution in [-0.4, -0.2) is 14.5 Å². The minimum Gasteiger partial charge on any atom is -0.455 e. The topological polar surface area (TPSA) is 43.9 Å². The number of nitrogens with zero attached hydrogens (tertiary/aromatic N) is 3. The number of rotatable bonds is 4. The molecule has 0 fully saturated rings. The molecular formula is C52H31N3O. The third-order valence-corrected chi connectivity index (χ3v) is 11.4. The zero-order valence-electron chi connectivity index (χ0n) is 30.1. The summed E-state index contributed by atoms with van der Waals surface area (Å²) >= 11 is 0. The van der Waals surface area contributed by atoms with Crippen LogP contribution in [0.5, 0.6) is 0 Å². The van der Waals surface area contributed by atoms with Gasteiger partial charge in [0.2, 0.25) is 5.95 Å². The second-order valence-corrected chi connectivity index (χ2v) is 14.5. The van der Waals surface area contributed by atoms with Crippen LogP contribution >= 0.6 is 0 Å². The maximum atomic E-state index is 6.51. The Morgan fingerprint density at radius 1 is 0.375 bits per heavy atom. The first-order chi connectivity index (χ1) is 27.8. The van der Waals surface area contributed by atoms with Gasteiger partial charge in [-0.2, -0.15) is 0 Å². The Hall–Kier alpha value is -7.56. The Morgan fingerprint density at radius 3 is 1.77 bits per heavy atom. The van der Waals surface area contributed by atoms with E-state index in [-0.39, 0.29) is 0 Å². The molecule has 0 aliphatic rings. The molecule has 12 aromatic rings. The number of aromatic nitrogens is 3. The van der Waals surface area contributed by atoms with Crippen LogP contribution < -0.4 is 0 Å². The van der Waals surface area contributed by atoms with Gasteiger partial charge in [0.05, 0.1) is 22.2 Å². The fraction of sp³-hybridized carbons (Fsp3) is 0. The Labute approximate surface area is 321 Å². The van der Waals surface area contributed by atoms with E-state index in [4.69, 9.17) is 14.4 Å². The van der Waals surface area contributed by atoms with Crippen LogP contribution in [0.15, 0.2) is 192 Å². The van der Waals surface area contributed by atoms with Crippen LogP contribution in [0, 0.1) is 0 Å². The molecule has 0 atom stereocenters. The van der Waals surface area contributed by atoms with Crippen molar-refractivity contribution in [1.82, 2.24) is 14.5 Å². The van der Waals surface area contributed by atoms with Crippen molar-refractivity contribution >= 4 is 76.2 Å². The monoisotopic (exact) mass is 713 g/mol. The quantitative estimate of drug-likeness (QED) is 0.171. The molecule has 9 aromatic carbocycles. The second kappa shape index (κ2) is 12.0. The van der Waals surface area contributed by atoms with Gasteiger partial charge in [0.1, 0.15) is 11.2 Å². The predicted octanol–water partition coefficient (Wildman–Crippen LogP) is 13.9. The molecule has 4 heteroatoms. The van der Waals surface area contributed by atoms with Crippen molar-refractivity contribution in [2.75, 3.05) is 0 Å². The van der Waals surface area contributed by atoms with E-state index in [1.807, 2.05) is 18.2 Å². The second-order valence-electron chi connectivity index (χ2n) is 14.5. The molecule has 4 nitrogen and oxygen atoms in total. The highest BCUT2D eigenvalue weighted by atomic mass is 16.3. The normalized spacial score (nSPS) is 11.9. The van der Waals surface area contributed by atoms with Gasteiger partial charge in [0.25, 0.3) is 0 Å². The standard InChI is InChI=1S/C52H31N3O/c1-2-15-32(16-3-1)48-43-24-8-10-29-45(43)53-52(54-48)55-49-35(25-13-28-44(49)47-40-22-6-4-19-37(40)38-20-5-7-23-41(38)50(47)55)33-17-12-18-34(31-33)36-26-14-27-42-39-21-9-11-30-46(39)56-51(36)42/h1-31H. The lowest BCUT2D eigenvalue weighted by molar-refractivity contribution is 0.670. The van der Waals surface area contributed by atoms with Gasteiger partial charge >= 0.3 is 0 Å². The summed E-state index contributed by atoms with van der Waals surface area (Å²) in [7, 11) is 0. The van der Waals surface area contributed by atoms with Gasteiger partial charge in [0.15, 0.2) is 0 Å². The highest BCUT2D eigenvalue weighted by molar-refractivity contribution is 6.33. The van der Waals surface area contributed by atoms with Crippen LogP contribution in [0.4, 0.5) is 0 Å². The molecule has 12 rings (SSSR count). The van der Waals surface area contributed by atoms with Crippen molar-refractivity contribution in [3.8, 4) is 39.5 Å². The predicted molar refractivity (Wildman–Crippen MR) is 232 cm³/mol. The number of hydrogen-bond donors (Lipinski definition) is 0. The summed E-state index contributed by atoms with van der Waals surface area (Å²) in [6.45, 7) is 0. The van der Waals surface area contributed by atoms with Crippen molar-refractivity contribution in [3.63, 3.8) is 0 Å². The van der Waals surface area contributed by atoms with Gasteiger partial charge in [-0.15, -0.1) is 0 Å². The fourth-order valence-corrected chi connectivity index (χ4v) is 8.97. The Bertz CT molecular complexity index is 3540. The number of hydrogen-bond acceptors (Lipinski definition) is 3. The minimum atomic E-state index is 0.638. The maximum Gasteiger partial charge on any atom is 0.235 e. The molecule has 0 spiro atoms. The molecule has 3 aromatic heterocycles. The molecule has 56 heavy (non-hydrogen) atoms. The molecule has 0 amide bonds. The van der Waals surface area contributed by atoms with Gasteiger partial charge in [-0.3, -0.25) is 4.57 Å². The molecule has 0 bridgehead atoms. The van der Waals surface area contributed by atoms with Gasteiger partial charge < -0.3 is 4.42 Å². The largest absolute Gasteiger partial charge is 0.455 e. The molecule has 0 aliphatic carbocycles. The summed E-state index contributed by atoms with van der Waals surface area (Å²) < 4.78 is 8.85. The molecule has 0 saturated carbocycles. The van der Waals surface area contributed by atoms with E-state index >= 15 is 0 Å². The maximum absolute atomic E-state index is 6.51. The zero-order chi connectivity index (χ0) is 36.7. The smallest absolute Gasteiger partial charge is 0.235 e. The zero-order valence-corrected chi connectivity index (χ0v) is 30.1. The first-order valence-electron chi connectivity index (χ1n) is 19.0. The van der Waals surface area contributed by atoms with Crippen molar-refractivity contribution < 1.29 is 4.42 Å². The van der Waals surface area contributed by atoms with Gasteiger partial charge in [-0.05, 0) is 45.5 Å². The Kier molecular flexibility index (Phi) is 6.60. The van der Waals surface area contributed by atoms with Crippen molar-refractivity contribution in [3.05, 3.63) is 188 Å². The average Bonchev–Trinajstić information content (AvgIpc) is 3.83. The highest BCUT2D eigenvalue weighted by Crippen LogP contribution is 2.46. The lowest BCUT2D eigenvalue weighted by Crippen LogP contribution is -2.04. The lowest BCUT2D eigenvalue weighted by atomic mass is 9.95. The van der Waals surface area contributed by atoms with E-state index in [9.17, 15) is 0 Å². The molecule has 0 unspecified atom stereocenters.